The van der Waals surface area contributed by atoms with Gasteiger partial charge in [-0.3, -0.25) is 4.68 Å². The van der Waals surface area contributed by atoms with Gasteiger partial charge in [0.2, 0.25) is 0 Å². The normalized spacial score (nSPS) is 12.7. The van der Waals surface area contributed by atoms with Crippen LogP contribution in [0.25, 0.3) is 0 Å². The molecule has 1 atom stereocenters. The first-order valence-corrected chi connectivity index (χ1v) is 5.62. The van der Waals surface area contributed by atoms with Crippen LogP contribution in [0.5, 0.6) is 0 Å². The Kier molecular flexibility index (Phi) is 3.45. The largest absolute Gasteiger partial charge is 0.324 e. The van der Waals surface area contributed by atoms with E-state index in [2.05, 4.69) is 5.10 Å². The molecule has 1 aromatic carbocycles. The van der Waals surface area contributed by atoms with Crippen LogP contribution in [0.4, 0.5) is 4.39 Å². The molecule has 5 heteroatoms. The Morgan fingerprint density at radius 2 is 2.29 bits per heavy atom. The zero-order valence-electron chi connectivity index (χ0n) is 9.40. The first-order chi connectivity index (χ1) is 8.06. The number of hydrogen-bond acceptors (Lipinski definition) is 2. The van der Waals surface area contributed by atoms with Crippen molar-refractivity contribution in [2.24, 2.45) is 12.8 Å². The first-order valence-electron chi connectivity index (χ1n) is 5.24. The van der Waals surface area contributed by atoms with Crippen molar-refractivity contribution in [3.63, 3.8) is 0 Å². The first kappa shape index (κ1) is 12.1. The van der Waals surface area contributed by atoms with Gasteiger partial charge in [0.15, 0.2) is 0 Å². The summed E-state index contributed by atoms with van der Waals surface area (Å²) in [5.74, 6) is -0.303. The van der Waals surface area contributed by atoms with Gasteiger partial charge in [0, 0.05) is 29.9 Å². The van der Waals surface area contributed by atoms with Crippen LogP contribution in [-0.4, -0.2) is 9.78 Å². The van der Waals surface area contributed by atoms with Gasteiger partial charge in [-0.15, -0.1) is 0 Å². The van der Waals surface area contributed by atoms with Crippen molar-refractivity contribution in [1.29, 1.82) is 0 Å². The summed E-state index contributed by atoms with van der Waals surface area (Å²) in [5, 5.41) is 4.58. The number of hydrogen-bond donors (Lipinski definition) is 1. The third-order valence-corrected chi connectivity index (χ3v) is 2.97. The highest BCUT2D eigenvalue weighted by atomic mass is 35.5. The smallest absolute Gasteiger partial charge is 0.123 e. The van der Waals surface area contributed by atoms with Gasteiger partial charge in [-0.1, -0.05) is 11.6 Å². The van der Waals surface area contributed by atoms with Crippen LogP contribution < -0.4 is 5.73 Å². The van der Waals surface area contributed by atoms with Gasteiger partial charge in [0.25, 0.3) is 0 Å². The number of nitrogens with two attached hydrogens (primary N) is 1. The summed E-state index contributed by atoms with van der Waals surface area (Å²) in [6.45, 7) is 0. The molecule has 0 spiro atoms. The number of benzene rings is 1. The third-order valence-electron chi connectivity index (χ3n) is 2.60. The van der Waals surface area contributed by atoms with Crippen LogP contribution >= 0.6 is 11.6 Å². The van der Waals surface area contributed by atoms with E-state index >= 15 is 0 Å². The minimum Gasteiger partial charge on any atom is -0.324 e. The van der Waals surface area contributed by atoms with E-state index in [1.54, 1.807) is 16.9 Å². The fourth-order valence-electron chi connectivity index (χ4n) is 1.69. The molecule has 0 aliphatic carbocycles. The molecule has 0 aliphatic rings. The van der Waals surface area contributed by atoms with Gasteiger partial charge in [0.05, 0.1) is 6.20 Å². The maximum Gasteiger partial charge on any atom is 0.123 e. The van der Waals surface area contributed by atoms with Crippen LogP contribution in [0.3, 0.4) is 0 Å². The van der Waals surface area contributed by atoms with Gasteiger partial charge >= 0.3 is 0 Å². The molecule has 0 radical (unpaired) electrons. The molecule has 2 rings (SSSR count). The van der Waals surface area contributed by atoms with Gasteiger partial charge in [-0.25, -0.2) is 4.39 Å². The second-order valence-corrected chi connectivity index (χ2v) is 4.40. The molecule has 0 aliphatic heterocycles. The topological polar surface area (TPSA) is 43.8 Å². The average molecular weight is 254 g/mol. The minimum atomic E-state index is -0.303. The summed E-state index contributed by atoms with van der Waals surface area (Å²) in [7, 11) is 1.82. The van der Waals surface area contributed by atoms with Crippen LogP contribution in [-0.2, 0) is 13.5 Å². The number of halogens is 2. The number of nitrogens with zero attached hydrogens (tertiary/aromatic N) is 2. The van der Waals surface area contributed by atoms with E-state index in [4.69, 9.17) is 17.3 Å². The molecule has 1 heterocycles. The van der Waals surface area contributed by atoms with Gasteiger partial charge in [0.1, 0.15) is 5.82 Å². The molecule has 1 unspecified atom stereocenters. The Bertz CT molecular complexity index is 524. The van der Waals surface area contributed by atoms with Crippen molar-refractivity contribution >= 4 is 11.6 Å². The van der Waals surface area contributed by atoms with E-state index in [0.717, 1.165) is 5.56 Å². The predicted octanol–water partition coefficient (Wildman–Crippen LogP) is 2.46. The molecule has 2 N–H and O–H groups in total. The van der Waals surface area contributed by atoms with E-state index in [-0.39, 0.29) is 11.9 Å². The molecule has 0 fully saturated rings. The molecule has 17 heavy (non-hydrogen) atoms. The lowest BCUT2D eigenvalue weighted by Crippen LogP contribution is -2.13. The SMILES string of the molecule is Cn1cc(C(N)Cc2cc(F)ccc2Cl)cn1. The zero-order valence-corrected chi connectivity index (χ0v) is 10.2. The lowest BCUT2D eigenvalue weighted by atomic mass is 10.0. The number of rotatable bonds is 3. The van der Waals surface area contributed by atoms with E-state index in [0.29, 0.717) is 17.0 Å². The quantitative estimate of drug-likeness (QED) is 0.913. The van der Waals surface area contributed by atoms with Crippen LogP contribution in [0, 0.1) is 5.82 Å². The average Bonchev–Trinajstić information content (AvgIpc) is 2.70. The van der Waals surface area contributed by atoms with Crippen molar-refractivity contribution < 1.29 is 4.39 Å². The fourth-order valence-corrected chi connectivity index (χ4v) is 1.88. The zero-order chi connectivity index (χ0) is 12.4. The molecule has 1 aromatic heterocycles. The van der Waals surface area contributed by atoms with Crippen molar-refractivity contribution in [2.45, 2.75) is 12.5 Å². The van der Waals surface area contributed by atoms with Gasteiger partial charge < -0.3 is 5.73 Å². The summed E-state index contributed by atoms with van der Waals surface area (Å²) >= 11 is 5.99. The van der Waals surface area contributed by atoms with Crippen molar-refractivity contribution in [3.05, 3.63) is 52.6 Å². The number of aromatic nitrogens is 2. The molecule has 3 nitrogen and oxygen atoms in total. The molecule has 90 valence electrons. The summed E-state index contributed by atoms with van der Waals surface area (Å²) < 4.78 is 14.8. The van der Waals surface area contributed by atoms with Gasteiger partial charge in [-0.05, 0) is 30.2 Å². The maximum atomic E-state index is 13.1. The summed E-state index contributed by atoms with van der Waals surface area (Å²) in [6.07, 6.45) is 4.04. The van der Waals surface area contributed by atoms with Crippen molar-refractivity contribution in [1.82, 2.24) is 9.78 Å². The van der Waals surface area contributed by atoms with Crippen LogP contribution in [0.1, 0.15) is 17.2 Å². The molecule has 2 aromatic rings. The number of aryl methyl sites for hydroxylation is 1. The second-order valence-electron chi connectivity index (χ2n) is 3.99. The molecule has 0 bridgehead atoms. The fraction of sp³-hybridized carbons (Fsp3) is 0.250. The van der Waals surface area contributed by atoms with E-state index < -0.39 is 0 Å². The lowest BCUT2D eigenvalue weighted by molar-refractivity contribution is 0.622. The Morgan fingerprint density at radius 3 is 2.94 bits per heavy atom. The Morgan fingerprint density at radius 1 is 1.53 bits per heavy atom. The molecule has 0 amide bonds. The third kappa shape index (κ3) is 2.84. The monoisotopic (exact) mass is 253 g/mol. The summed E-state index contributed by atoms with van der Waals surface area (Å²) in [6, 6.07) is 4.06. The minimum absolute atomic E-state index is 0.233. The summed E-state index contributed by atoms with van der Waals surface area (Å²) in [5.41, 5.74) is 7.65. The molecule has 0 saturated heterocycles. The Balaban J connectivity index is 2.18. The van der Waals surface area contributed by atoms with Gasteiger partial charge in [-0.2, -0.15) is 5.10 Å². The maximum absolute atomic E-state index is 13.1. The molecular formula is C12H13ClFN3. The second kappa shape index (κ2) is 4.85. The molecular weight excluding hydrogens is 241 g/mol. The van der Waals surface area contributed by atoms with Crippen molar-refractivity contribution in [3.8, 4) is 0 Å². The highest BCUT2D eigenvalue weighted by Gasteiger charge is 2.11. The van der Waals surface area contributed by atoms with Crippen molar-refractivity contribution in [2.75, 3.05) is 0 Å². The lowest BCUT2D eigenvalue weighted by Gasteiger charge is -2.10. The summed E-state index contributed by atoms with van der Waals surface area (Å²) in [4.78, 5) is 0. The van der Waals surface area contributed by atoms with Crippen LogP contribution in [0.15, 0.2) is 30.6 Å². The Hall–Kier alpha value is -1.39. The van der Waals surface area contributed by atoms with E-state index in [1.807, 2.05) is 13.2 Å². The Labute approximate surface area is 104 Å². The van der Waals surface area contributed by atoms with E-state index in [1.165, 1.54) is 12.1 Å². The highest BCUT2D eigenvalue weighted by molar-refractivity contribution is 6.31. The van der Waals surface area contributed by atoms with Crippen LogP contribution in [0.2, 0.25) is 5.02 Å². The highest BCUT2D eigenvalue weighted by Crippen LogP contribution is 2.22. The predicted molar refractivity (Wildman–Crippen MR) is 65.3 cm³/mol. The standard InChI is InChI=1S/C12H13ClFN3/c1-17-7-9(6-16-17)12(15)5-8-4-10(14)2-3-11(8)13/h2-4,6-7,12H,5,15H2,1H3. The van der Waals surface area contributed by atoms with E-state index in [9.17, 15) is 4.39 Å². The molecule has 0 saturated carbocycles.